The Morgan fingerprint density at radius 2 is 2.33 bits per heavy atom. The number of rotatable bonds is 5. The lowest BCUT2D eigenvalue weighted by molar-refractivity contribution is -0.121. The van der Waals surface area contributed by atoms with Crippen molar-refractivity contribution in [2.24, 2.45) is 0 Å². The van der Waals surface area contributed by atoms with Crippen LogP contribution in [0.4, 0.5) is 0 Å². The van der Waals surface area contributed by atoms with Crippen LogP contribution >= 0.6 is 0 Å². The highest BCUT2D eigenvalue weighted by molar-refractivity contribution is 5.80. The minimum atomic E-state index is 0.0532. The van der Waals surface area contributed by atoms with Crippen molar-refractivity contribution in [3.05, 3.63) is 30.1 Å². The summed E-state index contributed by atoms with van der Waals surface area (Å²) in [5.41, 5.74) is 1.89. The summed E-state index contributed by atoms with van der Waals surface area (Å²) in [6, 6.07) is 8.13. The summed E-state index contributed by atoms with van der Waals surface area (Å²) in [4.78, 5) is 22.2. The van der Waals surface area contributed by atoms with Crippen LogP contribution in [0.2, 0.25) is 0 Å². The Hall–Kier alpha value is -1.88. The van der Waals surface area contributed by atoms with Crippen LogP contribution in [0.15, 0.2) is 24.3 Å². The van der Waals surface area contributed by atoms with Gasteiger partial charge < -0.3 is 15.2 Å². The smallest absolute Gasteiger partial charge is 0.227 e. The summed E-state index contributed by atoms with van der Waals surface area (Å²) in [7, 11) is 0. The van der Waals surface area contributed by atoms with Crippen molar-refractivity contribution in [3.63, 3.8) is 0 Å². The van der Waals surface area contributed by atoms with E-state index in [1.165, 1.54) is 6.42 Å². The van der Waals surface area contributed by atoms with Gasteiger partial charge in [0, 0.05) is 19.1 Å². The van der Waals surface area contributed by atoms with Crippen LogP contribution < -0.4 is 5.32 Å². The lowest BCUT2D eigenvalue weighted by Gasteiger charge is -2.15. The van der Waals surface area contributed by atoms with Crippen molar-refractivity contribution in [1.29, 1.82) is 0 Å². The molecule has 2 heterocycles. The van der Waals surface area contributed by atoms with Gasteiger partial charge in [-0.15, -0.1) is 0 Å². The van der Waals surface area contributed by atoms with Crippen molar-refractivity contribution in [2.45, 2.75) is 32.2 Å². The first-order valence-corrected chi connectivity index (χ1v) is 7.70. The predicted octanol–water partition coefficient (Wildman–Crippen LogP) is 1.71. The molecule has 0 radical (unpaired) electrons. The molecule has 1 aromatic carbocycles. The molecule has 1 fully saturated rings. The Bertz CT molecular complexity index is 589. The molecule has 1 aromatic heterocycles. The molecular weight excluding hydrogens is 264 g/mol. The zero-order chi connectivity index (χ0) is 14.7. The van der Waals surface area contributed by atoms with Crippen LogP contribution in [0.25, 0.3) is 11.0 Å². The summed E-state index contributed by atoms with van der Waals surface area (Å²) in [5.74, 6) is 0.787. The zero-order valence-electron chi connectivity index (χ0n) is 12.4. The number of carbonyl (C=O) groups excluding carboxylic acids is 1. The van der Waals surface area contributed by atoms with E-state index in [2.05, 4.69) is 27.1 Å². The Labute approximate surface area is 124 Å². The number of imidazole rings is 1. The number of likely N-dealkylation sites (tertiary alicyclic amines) is 1. The first-order valence-electron chi connectivity index (χ1n) is 7.70. The number of carbonyl (C=O) groups is 1. The van der Waals surface area contributed by atoms with Crippen LogP contribution in [-0.2, 0) is 11.2 Å². The van der Waals surface area contributed by atoms with E-state index >= 15 is 0 Å². The first kappa shape index (κ1) is 14.1. The molecule has 1 amide bonds. The fourth-order valence-electron chi connectivity index (χ4n) is 2.99. The molecule has 0 unspecified atom stereocenters. The van der Waals surface area contributed by atoms with Gasteiger partial charge in [-0.3, -0.25) is 4.79 Å². The van der Waals surface area contributed by atoms with Gasteiger partial charge in [0.15, 0.2) is 0 Å². The number of nitrogens with zero attached hydrogens (tertiary/aromatic N) is 2. The molecule has 21 heavy (non-hydrogen) atoms. The van der Waals surface area contributed by atoms with Gasteiger partial charge in [0.1, 0.15) is 5.82 Å². The number of fused-ring (bicyclic) bond motifs is 1. The van der Waals surface area contributed by atoms with E-state index in [1.54, 1.807) is 0 Å². The van der Waals surface area contributed by atoms with Gasteiger partial charge in [-0.05, 0) is 31.5 Å². The Kier molecular flexibility index (Phi) is 4.20. The standard InChI is InChI=1S/C16H22N4O/c1-2-8-20-9-7-12(11-20)17-16(21)10-15-18-13-5-3-4-6-14(13)19-15/h3-6,12H,2,7-11H2,1H3,(H,17,21)(H,18,19)/t12-/m1/s1. The molecule has 2 aromatic rings. The number of H-pyrrole nitrogens is 1. The maximum atomic E-state index is 12.1. The fraction of sp³-hybridized carbons (Fsp3) is 0.500. The van der Waals surface area contributed by atoms with Crippen molar-refractivity contribution in [3.8, 4) is 0 Å². The molecule has 5 heteroatoms. The molecule has 1 aliphatic rings. The van der Waals surface area contributed by atoms with Crippen molar-refractivity contribution < 1.29 is 4.79 Å². The van der Waals surface area contributed by atoms with E-state index in [0.29, 0.717) is 6.42 Å². The Morgan fingerprint density at radius 3 is 3.14 bits per heavy atom. The van der Waals surface area contributed by atoms with Crippen molar-refractivity contribution in [2.75, 3.05) is 19.6 Å². The molecule has 1 aliphatic heterocycles. The summed E-state index contributed by atoms with van der Waals surface area (Å²) in [5, 5.41) is 3.12. The molecule has 0 aliphatic carbocycles. The highest BCUT2D eigenvalue weighted by atomic mass is 16.1. The first-order chi connectivity index (χ1) is 10.2. The second-order valence-corrected chi connectivity index (χ2v) is 5.73. The number of para-hydroxylation sites is 2. The normalized spacial score (nSPS) is 19.2. The topological polar surface area (TPSA) is 61.0 Å². The number of hydrogen-bond acceptors (Lipinski definition) is 3. The lowest BCUT2D eigenvalue weighted by atomic mass is 10.2. The maximum Gasteiger partial charge on any atom is 0.227 e. The van der Waals surface area contributed by atoms with Gasteiger partial charge in [0.05, 0.1) is 17.5 Å². The molecule has 0 spiro atoms. The minimum Gasteiger partial charge on any atom is -0.352 e. The van der Waals surface area contributed by atoms with Crippen molar-refractivity contribution >= 4 is 16.9 Å². The summed E-state index contributed by atoms with van der Waals surface area (Å²) < 4.78 is 0. The molecular formula is C16H22N4O. The molecule has 2 N–H and O–H groups in total. The molecule has 5 nitrogen and oxygen atoms in total. The van der Waals surface area contributed by atoms with E-state index in [1.807, 2.05) is 24.3 Å². The largest absolute Gasteiger partial charge is 0.352 e. The van der Waals surface area contributed by atoms with E-state index in [9.17, 15) is 4.79 Å². The van der Waals surface area contributed by atoms with E-state index in [-0.39, 0.29) is 11.9 Å². The van der Waals surface area contributed by atoms with Gasteiger partial charge in [-0.2, -0.15) is 0 Å². The van der Waals surface area contributed by atoms with Gasteiger partial charge in [0.25, 0.3) is 0 Å². The molecule has 1 atom stereocenters. The third-order valence-corrected chi connectivity index (χ3v) is 3.94. The number of amides is 1. The van der Waals surface area contributed by atoms with Gasteiger partial charge in [0.2, 0.25) is 5.91 Å². The third-order valence-electron chi connectivity index (χ3n) is 3.94. The van der Waals surface area contributed by atoms with Gasteiger partial charge in [-0.1, -0.05) is 19.1 Å². The van der Waals surface area contributed by atoms with Gasteiger partial charge in [-0.25, -0.2) is 4.98 Å². The second-order valence-electron chi connectivity index (χ2n) is 5.73. The minimum absolute atomic E-state index is 0.0532. The van der Waals surface area contributed by atoms with Crippen LogP contribution in [-0.4, -0.2) is 46.5 Å². The predicted molar refractivity (Wildman–Crippen MR) is 83.1 cm³/mol. The SMILES string of the molecule is CCCN1CC[C@@H](NC(=O)Cc2nc3ccccc3[nH]2)C1. The fourth-order valence-corrected chi connectivity index (χ4v) is 2.99. The average molecular weight is 286 g/mol. The van der Waals surface area contributed by atoms with Gasteiger partial charge >= 0.3 is 0 Å². The molecule has 0 saturated carbocycles. The zero-order valence-corrected chi connectivity index (χ0v) is 12.4. The Balaban J connectivity index is 1.54. The van der Waals surface area contributed by atoms with Crippen molar-refractivity contribution in [1.82, 2.24) is 20.2 Å². The third kappa shape index (κ3) is 3.42. The monoisotopic (exact) mass is 286 g/mol. The number of hydrogen-bond donors (Lipinski definition) is 2. The lowest BCUT2D eigenvalue weighted by Crippen LogP contribution is -2.38. The second kappa shape index (κ2) is 6.26. The molecule has 112 valence electrons. The summed E-state index contributed by atoms with van der Waals surface area (Å²) in [6.07, 6.45) is 2.53. The number of benzene rings is 1. The highest BCUT2D eigenvalue weighted by Crippen LogP contribution is 2.12. The Morgan fingerprint density at radius 1 is 1.48 bits per heavy atom. The quantitative estimate of drug-likeness (QED) is 0.879. The average Bonchev–Trinajstić information content (AvgIpc) is 3.05. The molecule has 0 bridgehead atoms. The van der Waals surface area contributed by atoms with E-state index in [0.717, 1.165) is 42.9 Å². The number of aromatic nitrogens is 2. The highest BCUT2D eigenvalue weighted by Gasteiger charge is 2.23. The molecule has 1 saturated heterocycles. The number of aromatic amines is 1. The van der Waals surface area contributed by atoms with Crippen LogP contribution in [0.1, 0.15) is 25.6 Å². The number of nitrogens with one attached hydrogen (secondary N) is 2. The van der Waals surface area contributed by atoms with E-state index in [4.69, 9.17) is 0 Å². The van der Waals surface area contributed by atoms with E-state index < -0.39 is 0 Å². The summed E-state index contributed by atoms with van der Waals surface area (Å²) in [6.45, 7) is 5.37. The molecule has 3 rings (SSSR count). The van der Waals surface area contributed by atoms with Crippen LogP contribution in [0, 0.1) is 0 Å². The van der Waals surface area contributed by atoms with Crippen LogP contribution in [0.5, 0.6) is 0 Å². The summed E-state index contributed by atoms with van der Waals surface area (Å²) >= 11 is 0. The van der Waals surface area contributed by atoms with Crippen LogP contribution in [0.3, 0.4) is 0 Å². The maximum absolute atomic E-state index is 12.1.